The molecule has 0 bridgehead atoms. The number of esters is 1. The zero-order chi connectivity index (χ0) is 12.8. The van der Waals surface area contributed by atoms with Gasteiger partial charge in [-0.25, -0.2) is 0 Å². The first-order valence-electron chi connectivity index (χ1n) is 5.75. The Bertz CT molecular complexity index is 491. The summed E-state index contributed by atoms with van der Waals surface area (Å²) in [7, 11) is 0. The van der Waals surface area contributed by atoms with Crippen LogP contribution in [0.2, 0.25) is 0 Å². The Morgan fingerprint density at radius 1 is 1.17 bits per heavy atom. The first-order chi connectivity index (χ1) is 8.74. The summed E-state index contributed by atoms with van der Waals surface area (Å²) >= 11 is 1.60. The normalized spacial score (nSPS) is 10.2. The highest BCUT2D eigenvalue weighted by Crippen LogP contribution is 2.10. The summed E-state index contributed by atoms with van der Waals surface area (Å²) < 4.78 is 5.17. The lowest BCUT2D eigenvalue weighted by molar-refractivity contribution is -0.144. The van der Waals surface area contributed by atoms with Gasteiger partial charge in [0.1, 0.15) is 6.61 Å². The lowest BCUT2D eigenvalue weighted by atomic mass is 10.1. The number of carbonyl (C=O) groups is 1. The van der Waals surface area contributed by atoms with Crippen LogP contribution in [0.4, 0.5) is 5.69 Å². The van der Waals surface area contributed by atoms with Crippen molar-refractivity contribution < 1.29 is 9.53 Å². The Morgan fingerprint density at radius 2 is 1.94 bits per heavy atom. The van der Waals surface area contributed by atoms with Gasteiger partial charge in [-0.3, -0.25) is 4.79 Å². The lowest BCUT2D eigenvalue weighted by Crippen LogP contribution is -2.05. The maximum Gasteiger partial charge on any atom is 0.306 e. The Hall–Kier alpha value is -1.81. The van der Waals surface area contributed by atoms with Crippen molar-refractivity contribution in [3.8, 4) is 0 Å². The second-order valence-electron chi connectivity index (χ2n) is 4.03. The second-order valence-corrected chi connectivity index (χ2v) is 4.81. The van der Waals surface area contributed by atoms with Crippen LogP contribution < -0.4 is 5.73 Å². The summed E-state index contributed by atoms with van der Waals surface area (Å²) in [4.78, 5) is 11.5. The number of carbonyl (C=O) groups excluding carboxylic acids is 1. The van der Waals surface area contributed by atoms with Gasteiger partial charge in [-0.1, -0.05) is 12.1 Å². The minimum absolute atomic E-state index is 0.168. The molecule has 0 spiro atoms. The first kappa shape index (κ1) is 12.6. The molecule has 0 atom stereocenters. The Morgan fingerprint density at radius 3 is 2.61 bits per heavy atom. The Kier molecular flexibility index (Phi) is 4.36. The summed E-state index contributed by atoms with van der Waals surface area (Å²) in [5.41, 5.74) is 8.47. The van der Waals surface area contributed by atoms with E-state index in [1.807, 2.05) is 41.1 Å². The molecule has 0 aliphatic rings. The van der Waals surface area contributed by atoms with Crippen molar-refractivity contribution in [2.24, 2.45) is 0 Å². The number of ether oxygens (including phenoxy) is 1. The molecule has 1 aromatic heterocycles. The van der Waals surface area contributed by atoms with Crippen LogP contribution in [0.25, 0.3) is 0 Å². The minimum Gasteiger partial charge on any atom is -0.461 e. The van der Waals surface area contributed by atoms with E-state index in [4.69, 9.17) is 10.5 Å². The Balaban J connectivity index is 1.73. The van der Waals surface area contributed by atoms with E-state index in [1.165, 1.54) is 0 Å². The maximum absolute atomic E-state index is 11.5. The van der Waals surface area contributed by atoms with Crippen LogP contribution in [0, 0.1) is 0 Å². The van der Waals surface area contributed by atoms with E-state index >= 15 is 0 Å². The molecule has 0 fully saturated rings. The monoisotopic (exact) mass is 261 g/mol. The van der Waals surface area contributed by atoms with Crippen molar-refractivity contribution in [3.63, 3.8) is 0 Å². The van der Waals surface area contributed by atoms with E-state index in [2.05, 4.69) is 0 Å². The molecule has 18 heavy (non-hydrogen) atoms. The lowest BCUT2D eigenvalue weighted by Gasteiger charge is -2.04. The fourth-order valence-electron chi connectivity index (χ4n) is 1.54. The molecule has 0 aliphatic carbocycles. The van der Waals surface area contributed by atoms with Gasteiger partial charge in [-0.05, 0) is 40.9 Å². The fourth-order valence-corrected chi connectivity index (χ4v) is 2.19. The van der Waals surface area contributed by atoms with Gasteiger partial charge in [0.05, 0.1) is 0 Å². The molecule has 0 saturated heterocycles. The average Bonchev–Trinajstić information content (AvgIpc) is 2.89. The van der Waals surface area contributed by atoms with Crippen LogP contribution in [0.1, 0.15) is 17.5 Å². The first-order valence-corrected chi connectivity index (χ1v) is 6.69. The van der Waals surface area contributed by atoms with Gasteiger partial charge < -0.3 is 10.5 Å². The third-order valence-electron chi connectivity index (χ3n) is 2.58. The zero-order valence-electron chi connectivity index (χ0n) is 9.96. The highest BCUT2D eigenvalue weighted by molar-refractivity contribution is 7.07. The summed E-state index contributed by atoms with van der Waals surface area (Å²) in [6.07, 6.45) is 1.08. The van der Waals surface area contributed by atoms with Gasteiger partial charge in [0, 0.05) is 17.7 Å². The van der Waals surface area contributed by atoms with Crippen LogP contribution >= 0.6 is 11.3 Å². The van der Waals surface area contributed by atoms with E-state index in [0.717, 1.165) is 16.8 Å². The molecule has 2 rings (SSSR count). The smallest absolute Gasteiger partial charge is 0.306 e. The highest BCUT2D eigenvalue weighted by Gasteiger charge is 2.04. The molecule has 2 aromatic rings. The molecule has 1 aromatic carbocycles. The van der Waals surface area contributed by atoms with Crippen LogP contribution in [-0.2, 0) is 22.6 Å². The molecule has 0 aliphatic heterocycles. The maximum atomic E-state index is 11.5. The van der Waals surface area contributed by atoms with Gasteiger partial charge in [-0.2, -0.15) is 11.3 Å². The summed E-state index contributed by atoms with van der Waals surface area (Å²) in [6.45, 7) is 0.365. The summed E-state index contributed by atoms with van der Waals surface area (Å²) in [5.74, 6) is -0.168. The number of thiophene rings is 1. The molecule has 94 valence electrons. The van der Waals surface area contributed by atoms with Crippen molar-refractivity contribution in [1.29, 1.82) is 0 Å². The number of nitrogens with two attached hydrogens (primary N) is 1. The Labute approximate surface area is 110 Å². The number of nitrogen functional groups attached to an aromatic ring is 1. The molecule has 4 heteroatoms. The largest absolute Gasteiger partial charge is 0.461 e. The molecular weight excluding hydrogens is 246 g/mol. The van der Waals surface area contributed by atoms with Gasteiger partial charge in [0.25, 0.3) is 0 Å². The molecule has 0 amide bonds. The number of hydrogen-bond donors (Lipinski definition) is 1. The average molecular weight is 261 g/mol. The molecule has 0 radical (unpaired) electrons. The predicted octanol–water partition coefficient (Wildman–Crippen LogP) is 3.01. The SMILES string of the molecule is Nc1ccc(CCC(=O)OCc2ccsc2)cc1. The summed E-state index contributed by atoms with van der Waals surface area (Å²) in [6, 6.07) is 9.50. The quantitative estimate of drug-likeness (QED) is 0.665. The number of benzene rings is 1. The van der Waals surface area contributed by atoms with Gasteiger partial charge in [-0.15, -0.1) is 0 Å². The van der Waals surface area contributed by atoms with Crippen LogP contribution in [0.15, 0.2) is 41.1 Å². The van der Waals surface area contributed by atoms with Gasteiger partial charge in [0.2, 0.25) is 0 Å². The molecule has 1 heterocycles. The minimum atomic E-state index is -0.168. The van der Waals surface area contributed by atoms with E-state index < -0.39 is 0 Å². The van der Waals surface area contributed by atoms with Crippen molar-refractivity contribution in [2.75, 3.05) is 5.73 Å². The number of anilines is 1. The summed E-state index contributed by atoms with van der Waals surface area (Å²) in [5, 5.41) is 3.95. The van der Waals surface area contributed by atoms with E-state index in [0.29, 0.717) is 19.4 Å². The number of rotatable bonds is 5. The number of hydrogen-bond acceptors (Lipinski definition) is 4. The second kappa shape index (κ2) is 6.21. The highest BCUT2D eigenvalue weighted by atomic mass is 32.1. The third-order valence-corrected chi connectivity index (χ3v) is 3.31. The van der Waals surface area contributed by atoms with E-state index in [9.17, 15) is 4.79 Å². The standard InChI is InChI=1S/C14H15NO2S/c15-13-4-1-11(2-5-13)3-6-14(16)17-9-12-7-8-18-10-12/h1-2,4-5,7-8,10H,3,6,9,15H2. The molecular formula is C14H15NO2S. The van der Waals surface area contributed by atoms with Crippen LogP contribution in [-0.4, -0.2) is 5.97 Å². The predicted molar refractivity (Wildman–Crippen MR) is 73.3 cm³/mol. The van der Waals surface area contributed by atoms with Crippen molar-refractivity contribution in [2.45, 2.75) is 19.4 Å². The molecule has 2 N–H and O–H groups in total. The zero-order valence-corrected chi connectivity index (χ0v) is 10.8. The fraction of sp³-hybridized carbons (Fsp3) is 0.214. The van der Waals surface area contributed by atoms with Crippen molar-refractivity contribution in [3.05, 3.63) is 52.2 Å². The third kappa shape index (κ3) is 3.89. The van der Waals surface area contributed by atoms with Gasteiger partial charge in [0.15, 0.2) is 0 Å². The number of aryl methyl sites for hydroxylation is 1. The van der Waals surface area contributed by atoms with E-state index in [1.54, 1.807) is 11.3 Å². The topological polar surface area (TPSA) is 52.3 Å². The molecule has 3 nitrogen and oxygen atoms in total. The molecule has 0 saturated carbocycles. The molecule has 0 unspecified atom stereocenters. The van der Waals surface area contributed by atoms with Crippen LogP contribution in [0.5, 0.6) is 0 Å². The van der Waals surface area contributed by atoms with Crippen molar-refractivity contribution >= 4 is 23.0 Å². The van der Waals surface area contributed by atoms with Crippen molar-refractivity contribution in [1.82, 2.24) is 0 Å². The van der Waals surface area contributed by atoms with Crippen LogP contribution in [0.3, 0.4) is 0 Å². The van der Waals surface area contributed by atoms with E-state index in [-0.39, 0.29) is 5.97 Å². The van der Waals surface area contributed by atoms with Gasteiger partial charge >= 0.3 is 5.97 Å².